The lowest BCUT2D eigenvalue weighted by atomic mass is 9.87. The van der Waals surface area contributed by atoms with E-state index in [2.05, 4.69) is 23.1 Å². The average molecular weight is 337 g/mol. The van der Waals surface area contributed by atoms with Gasteiger partial charge in [-0.05, 0) is 48.1 Å². The van der Waals surface area contributed by atoms with Gasteiger partial charge in [-0.2, -0.15) is 0 Å². The number of rotatable bonds is 4. The molecule has 0 N–H and O–H groups in total. The lowest BCUT2D eigenvalue weighted by molar-refractivity contribution is -0.134. The Morgan fingerprint density at radius 2 is 1.72 bits per heavy atom. The monoisotopic (exact) mass is 337 g/mol. The van der Waals surface area contributed by atoms with Crippen LogP contribution in [0.2, 0.25) is 0 Å². The minimum atomic E-state index is -0.0575. The number of nitrogens with zero attached hydrogens (tertiary/aromatic N) is 1. The number of hydrogen-bond acceptors (Lipinski definition) is 3. The maximum atomic E-state index is 12.9. The number of carbonyl (C=O) groups excluding carboxylic acids is 1. The van der Waals surface area contributed by atoms with Gasteiger partial charge in [0.15, 0.2) is 11.5 Å². The molecule has 1 heterocycles. The summed E-state index contributed by atoms with van der Waals surface area (Å²) in [6.45, 7) is 0.747. The molecule has 1 fully saturated rings. The fraction of sp³-hybridized carbons (Fsp3) is 0.381. The Morgan fingerprint density at radius 1 is 1.04 bits per heavy atom. The van der Waals surface area contributed by atoms with E-state index in [4.69, 9.17) is 9.47 Å². The molecule has 4 rings (SSSR count). The second-order valence-electron chi connectivity index (χ2n) is 6.78. The van der Waals surface area contributed by atoms with E-state index in [0.29, 0.717) is 5.75 Å². The highest BCUT2D eigenvalue weighted by Gasteiger charge is 2.39. The number of benzene rings is 2. The Hall–Kier alpha value is -2.49. The van der Waals surface area contributed by atoms with Gasteiger partial charge in [0.2, 0.25) is 5.91 Å². The minimum Gasteiger partial charge on any atom is -0.493 e. The van der Waals surface area contributed by atoms with Crippen LogP contribution in [-0.4, -0.2) is 31.6 Å². The molecule has 2 aromatic carbocycles. The number of carbonyl (C=O) groups is 1. The highest BCUT2D eigenvalue weighted by atomic mass is 16.5. The van der Waals surface area contributed by atoms with Gasteiger partial charge in [0, 0.05) is 12.5 Å². The zero-order valence-electron chi connectivity index (χ0n) is 14.7. The Bertz CT molecular complexity index is 783. The third-order valence-electron chi connectivity index (χ3n) is 5.20. The van der Waals surface area contributed by atoms with Crippen molar-refractivity contribution in [1.82, 2.24) is 4.90 Å². The molecule has 0 radical (unpaired) electrons. The number of fused-ring (bicyclic) bond motifs is 1. The fourth-order valence-electron chi connectivity index (χ4n) is 3.74. The van der Waals surface area contributed by atoms with E-state index in [1.165, 1.54) is 5.56 Å². The number of ether oxygens (including phenoxy) is 2. The molecule has 130 valence electrons. The van der Waals surface area contributed by atoms with Gasteiger partial charge in [-0.3, -0.25) is 4.79 Å². The van der Waals surface area contributed by atoms with Crippen molar-refractivity contribution >= 4 is 5.91 Å². The van der Waals surface area contributed by atoms with Crippen LogP contribution in [0.3, 0.4) is 0 Å². The summed E-state index contributed by atoms with van der Waals surface area (Å²) in [5.74, 6) is 1.96. The molecule has 1 saturated carbocycles. The highest BCUT2D eigenvalue weighted by Crippen LogP contribution is 2.43. The quantitative estimate of drug-likeness (QED) is 0.856. The fourth-order valence-corrected chi connectivity index (χ4v) is 3.74. The summed E-state index contributed by atoms with van der Waals surface area (Å²) in [7, 11) is 3.31. The lowest BCUT2D eigenvalue weighted by Gasteiger charge is -2.38. The maximum absolute atomic E-state index is 12.9. The van der Waals surface area contributed by atoms with Crippen molar-refractivity contribution in [3.05, 3.63) is 59.2 Å². The van der Waals surface area contributed by atoms with Gasteiger partial charge >= 0.3 is 0 Å². The van der Waals surface area contributed by atoms with Gasteiger partial charge in [-0.1, -0.05) is 30.3 Å². The molecule has 0 saturated heterocycles. The van der Waals surface area contributed by atoms with E-state index >= 15 is 0 Å². The van der Waals surface area contributed by atoms with Crippen molar-refractivity contribution < 1.29 is 14.3 Å². The van der Waals surface area contributed by atoms with E-state index in [0.717, 1.165) is 42.7 Å². The number of methoxy groups -OCH3 is 2. The summed E-state index contributed by atoms with van der Waals surface area (Å²) in [5.41, 5.74) is 3.51. The van der Waals surface area contributed by atoms with Crippen LogP contribution in [0.4, 0.5) is 0 Å². The standard InChI is InChI=1S/C21H23NO3/c1-24-18-12-16-10-11-22(21(23)15-8-9-15)20(14-6-4-3-5-7-14)17(16)13-19(18)25-2/h3-7,12-13,15,20H,8-11H2,1-2H3/t20-/m1/s1. The van der Waals surface area contributed by atoms with Crippen molar-refractivity contribution in [2.75, 3.05) is 20.8 Å². The van der Waals surface area contributed by atoms with Gasteiger partial charge in [0.25, 0.3) is 0 Å². The molecule has 1 aliphatic heterocycles. The first-order valence-corrected chi connectivity index (χ1v) is 8.83. The molecule has 0 bridgehead atoms. The predicted octanol–water partition coefficient (Wildman–Crippen LogP) is 3.59. The molecule has 1 atom stereocenters. The molecule has 0 aromatic heterocycles. The molecule has 0 unspecified atom stereocenters. The van der Waals surface area contributed by atoms with E-state index < -0.39 is 0 Å². The molecule has 2 aliphatic rings. The van der Waals surface area contributed by atoms with Gasteiger partial charge in [0.05, 0.1) is 20.3 Å². The second kappa shape index (κ2) is 6.43. The first-order valence-electron chi connectivity index (χ1n) is 8.83. The SMILES string of the molecule is COc1cc2c(cc1OC)[C@@H](c1ccccc1)N(C(=O)C1CC1)CC2. The van der Waals surface area contributed by atoms with Gasteiger partial charge in [-0.25, -0.2) is 0 Å². The Balaban J connectivity index is 1.83. The Labute approximate surface area is 148 Å². The topological polar surface area (TPSA) is 38.8 Å². The van der Waals surface area contributed by atoms with Crippen LogP contribution >= 0.6 is 0 Å². The second-order valence-corrected chi connectivity index (χ2v) is 6.78. The summed E-state index contributed by atoms with van der Waals surface area (Å²) in [4.78, 5) is 15.0. The average Bonchev–Trinajstić information content (AvgIpc) is 3.51. The molecule has 4 heteroatoms. The maximum Gasteiger partial charge on any atom is 0.226 e. The molecule has 1 amide bonds. The predicted molar refractivity (Wildman–Crippen MR) is 96.0 cm³/mol. The van der Waals surface area contributed by atoms with E-state index in [1.807, 2.05) is 24.3 Å². The lowest BCUT2D eigenvalue weighted by Crippen LogP contribution is -2.41. The van der Waals surface area contributed by atoms with Crippen molar-refractivity contribution in [2.24, 2.45) is 5.92 Å². The van der Waals surface area contributed by atoms with Crippen LogP contribution in [0.25, 0.3) is 0 Å². The van der Waals surface area contributed by atoms with Gasteiger partial charge in [0.1, 0.15) is 0 Å². The van der Waals surface area contributed by atoms with Gasteiger partial charge in [-0.15, -0.1) is 0 Å². The highest BCUT2D eigenvalue weighted by molar-refractivity contribution is 5.82. The first kappa shape index (κ1) is 16.0. The summed E-state index contributed by atoms with van der Waals surface area (Å²) >= 11 is 0. The largest absolute Gasteiger partial charge is 0.493 e. The van der Waals surface area contributed by atoms with Crippen molar-refractivity contribution in [3.63, 3.8) is 0 Å². The number of hydrogen-bond donors (Lipinski definition) is 0. The molecular formula is C21H23NO3. The third kappa shape index (κ3) is 2.86. The van der Waals surface area contributed by atoms with Crippen LogP contribution in [0, 0.1) is 5.92 Å². The van der Waals surface area contributed by atoms with Crippen molar-refractivity contribution in [3.8, 4) is 11.5 Å². The van der Waals surface area contributed by atoms with Crippen LogP contribution in [0.15, 0.2) is 42.5 Å². The first-order chi connectivity index (χ1) is 12.2. The summed E-state index contributed by atoms with van der Waals surface area (Å²) in [6, 6.07) is 14.3. The van der Waals surface area contributed by atoms with Crippen LogP contribution in [0.5, 0.6) is 11.5 Å². The zero-order valence-corrected chi connectivity index (χ0v) is 14.7. The molecule has 2 aromatic rings. The molecule has 25 heavy (non-hydrogen) atoms. The normalized spacial score (nSPS) is 19.3. The van der Waals surface area contributed by atoms with Crippen LogP contribution in [0.1, 0.15) is 35.6 Å². The molecule has 1 aliphatic carbocycles. The van der Waals surface area contributed by atoms with E-state index in [9.17, 15) is 4.79 Å². The summed E-state index contributed by atoms with van der Waals surface area (Å²) in [5, 5.41) is 0. The number of amides is 1. The zero-order chi connectivity index (χ0) is 17.4. The third-order valence-corrected chi connectivity index (χ3v) is 5.20. The minimum absolute atomic E-state index is 0.0575. The van der Waals surface area contributed by atoms with E-state index in [1.54, 1.807) is 14.2 Å². The van der Waals surface area contributed by atoms with E-state index in [-0.39, 0.29) is 17.9 Å². The molecule has 4 nitrogen and oxygen atoms in total. The Kier molecular flexibility index (Phi) is 4.12. The molecular weight excluding hydrogens is 314 g/mol. The van der Waals surface area contributed by atoms with Crippen LogP contribution < -0.4 is 9.47 Å². The van der Waals surface area contributed by atoms with Crippen molar-refractivity contribution in [2.45, 2.75) is 25.3 Å². The van der Waals surface area contributed by atoms with Gasteiger partial charge < -0.3 is 14.4 Å². The summed E-state index contributed by atoms with van der Waals surface area (Å²) < 4.78 is 11.0. The Morgan fingerprint density at radius 3 is 2.36 bits per heavy atom. The molecule has 0 spiro atoms. The van der Waals surface area contributed by atoms with Crippen LogP contribution in [-0.2, 0) is 11.2 Å². The smallest absolute Gasteiger partial charge is 0.226 e. The van der Waals surface area contributed by atoms with Crippen molar-refractivity contribution in [1.29, 1.82) is 0 Å². The summed E-state index contributed by atoms with van der Waals surface area (Å²) in [6.07, 6.45) is 2.89.